The highest BCUT2D eigenvalue weighted by atomic mass is 16.5. The average molecular weight is 235 g/mol. The maximum Gasteiger partial charge on any atom is 0.321 e. The quantitative estimate of drug-likeness (QED) is 0.815. The molecule has 1 fully saturated rings. The van der Waals surface area contributed by atoms with Crippen LogP contribution in [0, 0.1) is 5.41 Å². The van der Waals surface area contributed by atoms with Gasteiger partial charge in [0.25, 0.3) is 0 Å². The highest BCUT2D eigenvalue weighted by Crippen LogP contribution is 2.27. The summed E-state index contributed by atoms with van der Waals surface area (Å²) in [5, 5.41) is 17.2. The van der Waals surface area contributed by atoms with E-state index in [1.807, 2.05) is 24.4 Å². The lowest BCUT2D eigenvalue weighted by molar-refractivity contribution is -0.154. The minimum absolute atomic E-state index is 0.0593. The molecule has 90 valence electrons. The maximum atomic E-state index is 9.28. The van der Waals surface area contributed by atoms with Crippen LogP contribution >= 0.6 is 0 Å². The van der Waals surface area contributed by atoms with Gasteiger partial charge in [-0.2, -0.15) is 0 Å². The number of aliphatic hydroxyl groups excluding tert-OH is 1. The highest BCUT2D eigenvalue weighted by Gasteiger charge is 2.39. The Balaban J connectivity index is 1.77. The Hall–Kier alpha value is -1.66. The molecule has 17 heavy (non-hydrogen) atoms. The fourth-order valence-electron chi connectivity index (χ4n) is 1.75. The molecular weight excluding hydrogens is 222 g/mol. The van der Waals surface area contributed by atoms with Crippen molar-refractivity contribution in [3.8, 4) is 6.01 Å². The zero-order valence-electron chi connectivity index (χ0n) is 9.24. The second-order valence-corrected chi connectivity index (χ2v) is 4.35. The fourth-order valence-corrected chi connectivity index (χ4v) is 1.75. The van der Waals surface area contributed by atoms with Crippen molar-refractivity contribution in [3.05, 3.63) is 24.4 Å². The summed E-state index contributed by atoms with van der Waals surface area (Å²) >= 11 is 0. The molecular formula is C11H13N3O3. The van der Waals surface area contributed by atoms with Crippen LogP contribution in [0.4, 0.5) is 0 Å². The third-order valence-electron chi connectivity index (χ3n) is 2.94. The van der Waals surface area contributed by atoms with Crippen molar-refractivity contribution < 1.29 is 14.6 Å². The average Bonchev–Trinajstić information content (AvgIpc) is 2.72. The predicted octanol–water partition coefficient (Wildman–Crippen LogP) is 0.117. The summed E-state index contributed by atoms with van der Waals surface area (Å²) < 4.78 is 12.5. The zero-order chi connectivity index (χ0) is 11.7. The number of rotatable bonds is 4. The van der Waals surface area contributed by atoms with E-state index < -0.39 is 0 Å². The van der Waals surface area contributed by atoms with Crippen molar-refractivity contribution >= 4 is 5.65 Å². The van der Waals surface area contributed by atoms with E-state index in [4.69, 9.17) is 9.47 Å². The van der Waals surface area contributed by atoms with Crippen LogP contribution in [0.25, 0.3) is 5.65 Å². The first kappa shape index (κ1) is 10.5. The van der Waals surface area contributed by atoms with Crippen LogP contribution in [0.5, 0.6) is 6.01 Å². The standard InChI is InChI=1S/C11H13N3O3/c15-5-11(6-16-7-11)8-17-10-13-12-9-3-1-2-4-14(9)10/h1-4,15H,5-8H2. The molecule has 0 radical (unpaired) electrons. The molecule has 1 N–H and O–H groups in total. The highest BCUT2D eigenvalue weighted by molar-refractivity contribution is 5.38. The van der Waals surface area contributed by atoms with E-state index in [0.717, 1.165) is 5.65 Å². The summed E-state index contributed by atoms with van der Waals surface area (Å²) in [6.07, 6.45) is 1.84. The first-order valence-corrected chi connectivity index (χ1v) is 5.44. The number of aliphatic hydroxyl groups is 1. The molecule has 0 atom stereocenters. The van der Waals surface area contributed by atoms with E-state index in [2.05, 4.69) is 10.2 Å². The number of ether oxygens (including phenoxy) is 2. The number of hydrogen-bond acceptors (Lipinski definition) is 5. The normalized spacial score (nSPS) is 17.9. The lowest BCUT2D eigenvalue weighted by Gasteiger charge is -2.38. The van der Waals surface area contributed by atoms with Crippen LogP contribution < -0.4 is 4.74 Å². The number of fused-ring (bicyclic) bond motifs is 1. The van der Waals surface area contributed by atoms with Crippen molar-refractivity contribution in [2.75, 3.05) is 26.4 Å². The largest absolute Gasteiger partial charge is 0.462 e. The predicted molar refractivity (Wildman–Crippen MR) is 58.8 cm³/mol. The van der Waals surface area contributed by atoms with Gasteiger partial charge in [-0.05, 0) is 12.1 Å². The molecule has 0 unspecified atom stereocenters. The molecule has 0 amide bonds. The Morgan fingerprint density at radius 2 is 2.29 bits per heavy atom. The Morgan fingerprint density at radius 1 is 1.41 bits per heavy atom. The van der Waals surface area contributed by atoms with Crippen LogP contribution in [0.1, 0.15) is 0 Å². The summed E-state index contributed by atoms with van der Waals surface area (Å²) in [5.74, 6) is 0. The monoisotopic (exact) mass is 235 g/mol. The maximum absolute atomic E-state index is 9.28. The Labute approximate surface area is 97.8 Å². The molecule has 3 heterocycles. The second-order valence-electron chi connectivity index (χ2n) is 4.35. The van der Waals surface area contributed by atoms with E-state index >= 15 is 0 Å². The van der Waals surface area contributed by atoms with E-state index in [1.54, 1.807) is 4.40 Å². The van der Waals surface area contributed by atoms with Gasteiger partial charge in [0, 0.05) is 6.20 Å². The number of nitrogens with zero attached hydrogens (tertiary/aromatic N) is 3. The molecule has 6 heteroatoms. The van der Waals surface area contributed by atoms with E-state index in [1.165, 1.54) is 0 Å². The van der Waals surface area contributed by atoms with Gasteiger partial charge in [-0.25, -0.2) is 0 Å². The minimum atomic E-state index is -0.277. The first-order valence-electron chi connectivity index (χ1n) is 5.44. The van der Waals surface area contributed by atoms with Gasteiger partial charge in [0.2, 0.25) is 0 Å². The molecule has 6 nitrogen and oxygen atoms in total. The third-order valence-corrected chi connectivity index (χ3v) is 2.94. The molecule has 2 aromatic heterocycles. The Kier molecular flexibility index (Phi) is 2.45. The molecule has 2 aromatic rings. The molecule has 1 aliphatic heterocycles. The minimum Gasteiger partial charge on any atom is -0.462 e. The van der Waals surface area contributed by atoms with Gasteiger partial charge in [0.15, 0.2) is 5.65 Å². The summed E-state index contributed by atoms with van der Waals surface area (Å²) in [7, 11) is 0. The summed E-state index contributed by atoms with van der Waals surface area (Å²) in [6, 6.07) is 6.08. The van der Waals surface area contributed by atoms with Gasteiger partial charge >= 0.3 is 6.01 Å². The van der Waals surface area contributed by atoms with Crippen molar-refractivity contribution in [2.45, 2.75) is 0 Å². The molecule has 0 aromatic carbocycles. The smallest absolute Gasteiger partial charge is 0.321 e. The topological polar surface area (TPSA) is 68.9 Å². The third kappa shape index (κ3) is 1.75. The summed E-state index contributed by atoms with van der Waals surface area (Å²) in [6.45, 7) is 1.50. The molecule has 0 aliphatic carbocycles. The van der Waals surface area contributed by atoms with Gasteiger partial charge in [-0.1, -0.05) is 11.2 Å². The van der Waals surface area contributed by atoms with E-state index in [-0.39, 0.29) is 12.0 Å². The van der Waals surface area contributed by atoms with Gasteiger partial charge in [0.1, 0.15) is 6.61 Å². The van der Waals surface area contributed by atoms with Crippen LogP contribution in [-0.4, -0.2) is 46.1 Å². The van der Waals surface area contributed by atoms with Crippen molar-refractivity contribution in [2.24, 2.45) is 5.41 Å². The molecule has 0 spiro atoms. The summed E-state index contributed by atoms with van der Waals surface area (Å²) in [5.41, 5.74) is 0.464. The summed E-state index contributed by atoms with van der Waals surface area (Å²) in [4.78, 5) is 0. The first-order chi connectivity index (χ1) is 8.33. The molecule has 0 saturated carbocycles. The molecule has 1 saturated heterocycles. The van der Waals surface area contributed by atoms with E-state index in [0.29, 0.717) is 25.8 Å². The van der Waals surface area contributed by atoms with E-state index in [9.17, 15) is 5.11 Å². The van der Waals surface area contributed by atoms with Gasteiger partial charge < -0.3 is 14.6 Å². The van der Waals surface area contributed by atoms with Crippen molar-refractivity contribution in [1.29, 1.82) is 0 Å². The van der Waals surface area contributed by atoms with Crippen LogP contribution in [0.2, 0.25) is 0 Å². The van der Waals surface area contributed by atoms with Crippen molar-refractivity contribution in [1.82, 2.24) is 14.6 Å². The van der Waals surface area contributed by atoms with Gasteiger partial charge in [0.05, 0.1) is 25.2 Å². The number of hydrogen-bond donors (Lipinski definition) is 1. The lowest BCUT2D eigenvalue weighted by atomic mass is 9.88. The van der Waals surface area contributed by atoms with Crippen LogP contribution in [-0.2, 0) is 4.74 Å². The second kappa shape index (κ2) is 3.97. The van der Waals surface area contributed by atoms with Crippen molar-refractivity contribution in [3.63, 3.8) is 0 Å². The number of aromatic nitrogens is 3. The molecule has 0 bridgehead atoms. The van der Waals surface area contributed by atoms with Gasteiger partial charge in [-0.15, -0.1) is 5.10 Å². The SMILES string of the molecule is OCC1(COc2nnc3ccccn23)COC1. The zero-order valence-corrected chi connectivity index (χ0v) is 9.24. The lowest BCUT2D eigenvalue weighted by Crippen LogP contribution is -2.50. The van der Waals surface area contributed by atoms with Crippen LogP contribution in [0.15, 0.2) is 24.4 Å². The molecule has 3 rings (SSSR count). The van der Waals surface area contributed by atoms with Crippen LogP contribution in [0.3, 0.4) is 0 Å². The number of pyridine rings is 1. The fraction of sp³-hybridized carbons (Fsp3) is 0.455. The molecule has 1 aliphatic rings. The Bertz CT molecular complexity index is 516. The Morgan fingerprint density at radius 3 is 3.00 bits per heavy atom. The van der Waals surface area contributed by atoms with Gasteiger partial charge in [-0.3, -0.25) is 4.40 Å².